The number of nitrogens with zero attached hydrogens (tertiary/aromatic N) is 1. The molecule has 2 N–H and O–H groups in total. The fourth-order valence-electron chi connectivity index (χ4n) is 1.94. The molecular formula is C15H26N2. The summed E-state index contributed by atoms with van der Waals surface area (Å²) in [5.41, 5.74) is 9.69. The summed E-state index contributed by atoms with van der Waals surface area (Å²) in [4.78, 5) is 2.37. The van der Waals surface area contributed by atoms with Gasteiger partial charge in [-0.1, -0.05) is 38.5 Å². The molecule has 2 heteroatoms. The average Bonchev–Trinajstić information content (AvgIpc) is 2.21. The Morgan fingerprint density at radius 2 is 1.88 bits per heavy atom. The van der Waals surface area contributed by atoms with E-state index >= 15 is 0 Å². The number of nitrogens with two attached hydrogens (primary N) is 1. The number of hydrogen-bond acceptors (Lipinski definition) is 2. The second-order valence-electron chi connectivity index (χ2n) is 6.16. The van der Waals surface area contributed by atoms with Crippen LogP contribution >= 0.6 is 0 Å². The molecule has 0 saturated heterocycles. The van der Waals surface area contributed by atoms with Crippen LogP contribution in [-0.2, 0) is 6.54 Å². The van der Waals surface area contributed by atoms with Gasteiger partial charge in [0, 0.05) is 18.3 Å². The Labute approximate surface area is 106 Å². The first-order chi connectivity index (χ1) is 7.71. The molecule has 0 spiro atoms. The monoisotopic (exact) mass is 234 g/mol. The molecule has 1 rings (SSSR count). The van der Waals surface area contributed by atoms with E-state index in [1.165, 1.54) is 11.1 Å². The van der Waals surface area contributed by atoms with E-state index in [0.29, 0.717) is 6.04 Å². The van der Waals surface area contributed by atoms with Crippen molar-refractivity contribution in [3.63, 3.8) is 0 Å². The molecule has 0 bridgehead atoms. The minimum Gasteiger partial charge on any atom is -0.398 e. The third-order valence-corrected chi connectivity index (χ3v) is 3.63. The summed E-state index contributed by atoms with van der Waals surface area (Å²) in [6, 6.07) is 6.76. The Morgan fingerprint density at radius 1 is 1.29 bits per heavy atom. The Hall–Kier alpha value is -1.02. The summed E-state index contributed by atoms with van der Waals surface area (Å²) < 4.78 is 0. The van der Waals surface area contributed by atoms with Crippen molar-refractivity contribution >= 4 is 5.69 Å². The van der Waals surface area contributed by atoms with E-state index in [9.17, 15) is 0 Å². The zero-order valence-electron chi connectivity index (χ0n) is 12.0. The fourth-order valence-corrected chi connectivity index (χ4v) is 1.94. The lowest BCUT2D eigenvalue weighted by Crippen LogP contribution is -2.38. The number of aryl methyl sites for hydroxylation is 1. The first-order valence-electron chi connectivity index (χ1n) is 6.27. The van der Waals surface area contributed by atoms with Crippen LogP contribution in [-0.4, -0.2) is 18.0 Å². The van der Waals surface area contributed by atoms with E-state index in [-0.39, 0.29) is 5.41 Å². The molecule has 1 aromatic carbocycles. The highest BCUT2D eigenvalue weighted by molar-refractivity contribution is 5.48. The Morgan fingerprint density at radius 3 is 2.41 bits per heavy atom. The molecule has 0 saturated carbocycles. The number of anilines is 1. The first kappa shape index (κ1) is 14.0. The average molecular weight is 234 g/mol. The van der Waals surface area contributed by atoms with Crippen molar-refractivity contribution in [2.75, 3.05) is 12.8 Å². The molecule has 0 amide bonds. The fraction of sp³-hybridized carbons (Fsp3) is 0.600. The van der Waals surface area contributed by atoms with Crippen molar-refractivity contribution in [2.45, 2.75) is 47.2 Å². The largest absolute Gasteiger partial charge is 0.398 e. The molecule has 1 unspecified atom stereocenters. The van der Waals surface area contributed by atoms with E-state index in [1.54, 1.807) is 0 Å². The van der Waals surface area contributed by atoms with E-state index in [4.69, 9.17) is 5.73 Å². The van der Waals surface area contributed by atoms with Crippen molar-refractivity contribution in [1.82, 2.24) is 4.90 Å². The maximum atomic E-state index is 6.02. The highest BCUT2D eigenvalue weighted by atomic mass is 15.1. The van der Waals surface area contributed by atoms with E-state index in [1.807, 2.05) is 6.07 Å². The van der Waals surface area contributed by atoms with Crippen LogP contribution in [0.25, 0.3) is 0 Å². The molecular weight excluding hydrogens is 208 g/mol. The smallest absolute Gasteiger partial charge is 0.0359 e. The third kappa shape index (κ3) is 3.74. The predicted octanol–water partition coefficient (Wildman–Crippen LogP) is 3.44. The van der Waals surface area contributed by atoms with Gasteiger partial charge in [0.1, 0.15) is 0 Å². The molecule has 0 aliphatic carbocycles. The highest BCUT2D eigenvalue weighted by Gasteiger charge is 2.24. The van der Waals surface area contributed by atoms with Crippen molar-refractivity contribution in [3.8, 4) is 0 Å². The molecule has 0 aromatic heterocycles. The lowest BCUT2D eigenvalue weighted by molar-refractivity contribution is 0.135. The summed E-state index contributed by atoms with van der Waals surface area (Å²) >= 11 is 0. The minimum atomic E-state index is 0.285. The topological polar surface area (TPSA) is 29.3 Å². The normalized spacial score (nSPS) is 14.1. The van der Waals surface area contributed by atoms with Crippen LogP contribution < -0.4 is 5.73 Å². The van der Waals surface area contributed by atoms with Gasteiger partial charge in [-0.05, 0) is 37.9 Å². The molecule has 1 aromatic rings. The Bertz CT molecular complexity index is 377. The maximum Gasteiger partial charge on any atom is 0.0359 e. The van der Waals surface area contributed by atoms with Crippen molar-refractivity contribution < 1.29 is 0 Å². The van der Waals surface area contributed by atoms with Crippen LogP contribution in [0.4, 0.5) is 5.69 Å². The predicted molar refractivity (Wildman–Crippen MR) is 76.0 cm³/mol. The second-order valence-corrected chi connectivity index (χ2v) is 6.16. The Balaban J connectivity index is 2.81. The molecule has 0 fully saturated rings. The van der Waals surface area contributed by atoms with E-state index in [0.717, 1.165) is 12.2 Å². The molecule has 96 valence electrons. The summed E-state index contributed by atoms with van der Waals surface area (Å²) in [6.45, 7) is 12.1. The van der Waals surface area contributed by atoms with Crippen LogP contribution in [0.1, 0.15) is 38.8 Å². The Kier molecular flexibility index (Phi) is 4.21. The van der Waals surface area contributed by atoms with Crippen LogP contribution in [0.3, 0.4) is 0 Å². The number of rotatable bonds is 3. The lowest BCUT2D eigenvalue weighted by Gasteiger charge is -2.35. The zero-order valence-corrected chi connectivity index (χ0v) is 12.0. The molecule has 0 radical (unpaired) electrons. The third-order valence-electron chi connectivity index (χ3n) is 3.63. The number of hydrogen-bond donors (Lipinski definition) is 1. The molecule has 0 heterocycles. The lowest BCUT2D eigenvalue weighted by atomic mass is 9.87. The highest BCUT2D eigenvalue weighted by Crippen LogP contribution is 2.25. The molecule has 0 aliphatic rings. The summed E-state index contributed by atoms with van der Waals surface area (Å²) in [5, 5.41) is 0. The van der Waals surface area contributed by atoms with Crippen LogP contribution in [0, 0.1) is 12.3 Å². The van der Waals surface area contributed by atoms with Crippen molar-refractivity contribution in [2.24, 2.45) is 5.41 Å². The maximum absolute atomic E-state index is 6.02. The quantitative estimate of drug-likeness (QED) is 0.812. The van der Waals surface area contributed by atoms with E-state index in [2.05, 4.69) is 58.7 Å². The van der Waals surface area contributed by atoms with Gasteiger partial charge in [0.2, 0.25) is 0 Å². The summed E-state index contributed by atoms with van der Waals surface area (Å²) in [6.07, 6.45) is 0. The van der Waals surface area contributed by atoms with Gasteiger partial charge in [0.25, 0.3) is 0 Å². The van der Waals surface area contributed by atoms with Gasteiger partial charge in [0.15, 0.2) is 0 Å². The SMILES string of the molecule is Cc1ccc(N)c(CN(C)C(C)C(C)(C)C)c1. The van der Waals surface area contributed by atoms with E-state index < -0.39 is 0 Å². The molecule has 0 aliphatic heterocycles. The van der Waals surface area contributed by atoms with Crippen LogP contribution in [0.2, 0.25) is 0 Å². The van der Waals surface area contributed by atoms with Gasteiger partial charge >= 0.3 is 0 Å². The van der Waals surface area contributed by atoms with Gasteiger partial charge in [0.05, 0.1) is 0 Å². The second kappa shape index (κ2) is 5.09. The molecule has 2 nitrogen and oxygen atoms in total. The zero-order chi connectivity index (χ0) is 13.2. The van der Waals surface area contributed by atoms with Gasteiger partial charge in [-0.2, -0.15) is 0 Å². The van der Waals surface area contributed by atoms with Gasteiger partial charge in [-0.15, -0.1) is 0 Å². The molecule has 1 atom stereocenters. The van der Waals surface area contributed by atoms with Gasteiger partial charge in [-0.25, -0.2) is 0 Å². The summed E-state index contributed by atoms with van der Waals surface area (Å²) in [7, 11) is 2.16. The standard InChI is InChI=1S/C15H26N2/c1-11-7-8-14(16)13(9-11)10-17(6)12(2)15(3,4)5/h7-9,12H,10,16H2,1-6H3. The summed E-state index contributed by atoms with van der Waals surface area (Å²) in [5.74, 6) is 0. The van der Waals surface area contributed by atoms with Crippen molar-refractivity contribution in [3.05, 3.63) is 29.3 Å². The van der Waals surface area contributed by atoms with Crippen LogP contribution in [0.15, 0.2) is 18.2 Å². The number of nitrogen functional groups attached to an aromatic ring is 1. The van der Waals surface area contributed by atoms with Gasteiger partial charge in [-0.3, -0.25) is 4.90 Å². The van der Waals surface area contributed by atoms with Crippen LogP contribution in [0.5, 0.6) is 0 Å². The van der Waals surface area contributed by atoms with Gasteiger partial charge < -0.3 is 5.73 Å². The molecule has 17 heavy (non-hydrogen) atoms. The first-order valence-corrected chi connectivity index (χ1v) is 6.27. The minimum absolute atomic E-state index is 0.285. The number of benzene rings is 1. The van der Waals surface area contributed by atoms with Crippen molar-refractivity contribution in [1.29, 1.82) is 0 Å².